The summed E-state index contributed by atoms with van der Waals surface area (Å²) in [5.74, 6) is 0.572. The number of hydrogen-bond donors (Lipinski definition) is 2. The van der Waals surface area contributed by atoms with Crippen molar-refractivity contribution in [1.82, 2.24) is 20.2 Å². The monoisotopic (exact) mass is 377 g/mol. The number of nitrogens with zero attached hydrogens (tertiary/aromatic N) is 4. The van der Waals surface area contributed by atoms with Gasteiger partial charge in [0.15, 0.2) is 0 Å². The summed E-state index contributed by atoms with van der Waals surface area (Å²) in [6, 6.07) is 10.8. The zero-order valence-corrected chi connectivity index (χ0v) is 16.9. The Kier molecular flexibility index (Phi) is 4.56. The average molecular weight is 377 g/mol. The van der Waals surface area contributed by atoms with Crippen LogP contribution in [0.1, 0.15) is 48.6 Å². The molecule has 0 unspecified atom stereocenters. The summed E-state index contributed by atoms with van der Waals surface area (Å²) >= 11 is 0. The molecule has 1 aromatic heterocycles. The second-order valence-corrected chi connectivity index (χ2v) is 8.46. The summed E-state index contributed by atoms with van der Waals surface area (Å²) in [7, 11) is 0. The zero-order chi connectivity index (χ0) is 20.1. The minimum absolute atomic E-state index is 0.143. The predicted molar refractivity (Wildman–Crippen MR) is 110 cm³/mol. The van der Waals surface area contributed by atoms with Gasteiger partial charge in [-0.2, -0.15) is 4.80 Å². The molecule has 6 heteroatoms. The quantitative estimate of drug-likeness (QED) is 0.728. The van der Waals surface area contributed by atoms with Gasteiger partial charge in [0.2, 0.25) is 5.82 Å². The lowest BCUT2D eigenvalue weighted by Gasteiger charge is -2.16. The largest absolute Gasteiger partial charge is 0.388 e. The predicted octanol–water partition coefficient (Wildman–Crippen LogP) is 3.34. The van der Waals surface area contributed by atoms with Gasteiger partial charge >= 0.3 is 0 Å². The number of aromatic nitrogens is 4. The molecular weight excluding hydrogens is 350 g/mol. The molecule has 6 nitrogen and oxygen atoms in total. The highest BCUT2D eigenvalue weighted by molar-refractivity contribution is 5.78. The average Bonchev–Trinajstić information content (AvgIpc) is 3.20. The topological polar surface area (TPSA) is 89.8 Å². The number of nitrogens with two attached hydrogens (primary N) is 1. The molecule has 146 valence electrons. The number of benzene rings is 2. The third-order valence-electron chi connectivity index (χ3n) is 5.36. The lowest BCUT2D eigenvalue weighted by atomic mass is 9.89. The van der Waals surface area contributed by atoms with Crippen LogP contribution in [0.4, 0.5) is 0 Å². The van der Waals surface area contributed by atoms with Crippen molar-refractivity contribution in [1.29, 1.82) is 0 Å². The molecule has 0 saturated carbocycles. The van der Waals surface area contributed by atoms with Crippen LogP contribution in [0.2, 0.25) is 0 Å². The van der Waals surface area contributed by atoms with Crippen LogP contribution in [-0.2, 0) is 13.0 Å². The third kappa shape index (κ3) is 3.45. The van der Waals surface area contributed by atoms with E-state index in [-0.39, 0.29) is 6.04 Å². The number of rotatable bonds is 4. The molecule has 1 aliphatic carbocycles. The number of aliphatic hydroxyl groups is 1. The Morgan fingerprint density at radius 3 is 2.61 bits per heavy atom. The van der Waals surface area contributed by atoms with E-state index >= 15 is 0 Å². The van der Waals surface area contributed by atoms with Gasteiger partial charge in [0.25, 0.3) is 0 Å². The van der Waals surface area contributed by atoms with E-state index < -0.39 is 5.60 Å². The molecule has 1 aliphatic rings. The van der Waals surface area contributed by atoms with E-state index in [1.807, 2.05) is 0 Å². The van der Waals surface area contributed by atoms with Gasteiger partial charge in [-0.15, -0.1) is 10.2 Å². The number of aryl methyl sites for hydroxylation is 2. The van der Waals surface area contributed by atoms with Crippen molar-refractivity contribution < 1.29 is 5.11 Å². The molecule has 0 fully saturated rings. The van der Waals surface area contributed by atoms with Crippen LogP contribution < -0.4 is 5.73 Å². The molecule has 0 radical (unpaired) electrons. The maximum Gasteiger partial charge on any atom is 0.204 e. The SMILES string of the molecule is Cc1cc(-c2nnn(CC(C)(C)O)n2)cc(C)c1-c1cccc2c1CC[C@H]2N. The Balaban J connectivity index is 1.73. The molecule has 0 bridgehead atoms. The van der Waals surface area contributed by atoms with Gasteiger partial charge in [-0.1, -0.05) is 18.2 Å². The van der Waals surface area contributed by atoms with Gasteiger partial charge in [0.05, 0.1) is 12.1 Å². The Hall–Kier alpha value is -2.57. The van der Waals surface area contributed by atoms with Crippen LogP contribution in [0, 0.1) is 13.8 Å². The lowest BCUT2D eigenvalue weighted by Crippen LogP contribution is -2.27. The normalized spacial score (nSPS) is 16.4. The fourth-order valence-electron chi connectivity index (χ4n) is 4.21. The van der Waals surface area contributed by atoms with E-state index in [1.165, 1.54) is 38.2 Å². The van der Waals surface area contributed by atoms with E-state index in [1.54, 1.807) is 13.8 Å². The van der Waals surface area contributed by atoms with E-state index in [9.17, 15) is 5.11 Å². The van der Waals surface area contributed by atoms with Crippen molar-refractivity contribution in [3.8, 4) is 22.5 Å². The maximum atomic E-state index is 9.96. The maximum absolute atomic E-state index is 9.96. The van der Waals surface area contributed by atoms with Gasteiger partial charge in [-0.3, -0.25) is 0 Å². The van der Waals surface area contributed by atoms with Crippen LogP contribution in [-0.4, -0.2) is 30.9 Å². The van der Waals surface area contributed by atoms with Gasteiger partial charge in [0.1, 0.15) is 0 Å². The van der Waals surface area contributed by atoms with Gasteiger partial charge in [0, 0.05) is 11.6 Å². The Morgan fingerprint density at radius 1 is 1.21 bits per heavy atom. The molecule has 0 amide bonds. The summed E-state index contributed by atoms with van der Waals surface area (Å²) < 4.78 is 0. The molecule has 28 heavy (non-hydrogen) atoms. The van der Waals surface area contributed by atoms with Gasteiger partial charge in [-0.25, -0.2) is 0 Å². The van der Waals surface area contributed by atoms with Crippen LogP contribution >= 0.6 is 0 Å². The van der Waals surface area contributed by atoms with Crippen LogP contribution in [0.15, 0.2) is 30.3 Å². The molecule has 0 saturated heterocycles. The third-order valence-corrected chi connectivity index (χ3v) is 5.36. The first-order valence-electron chi connectivity index (χ1n) is 9.72. The summed E-state index contributed by atoms with van der Waals surface area (Å²) in [5, 5.41) is 22.6. The Morgan fingerprint density at radius 2 is 1.93 bits per heavy atom. The first-order valence-corrected chi connectivity index (χ1v) is 9.72. The standard InChI is InChI=1S/C22H27N5O/c1-13-10-15(21-24-26-27(25-21)12-22(3,4)28)11-14(2)20(13)18-7-5-6-17-16(18)8-9-19(17)23/h5-7,10-11,19,28H,8-9,12,23H2,1-4H3/t19-/m1/s1. The van der Waals surface area contributed by atoms with E-state index in [4.69, 9.17) is 5.73 Å². The van der Waals surface area contributed by atoms with Crippen molar-refractivity contribution in [2.45, 2.75) is 58.7 Å². The zero-order valence-electron chi connectivity index (χ0n) is 16.9. The first-order chi connectivity index (χ1) is 13.2. The lowest BCUT2D eigenvalue weighted by molar-refractivity contribution is 0.0526. The van der Waals surface area contributed by atoms with Crippen molar-refractivity contribution in [2.24, 2.45) is 5.73 Å². The first kappa shape index (κ1) is 18.8. The second kappa shape index (κ2) is 6.79. The molecule has 3 aromatic rings. The molecule has 0 aliphatic heterocycles. The van der Waals surface area contributed by atoms with Gasteiger partial charge in [-0.05, 0) is 91.3 Å². The molecule has 2 aromatic carbocycles. The molecule has 0 spiro atoms. The van der Waals surface area contributed by atoms with Crippen molar-refractivity contribution in [3.63, 3.8) is 0 Å². The molecule has 3 N–H and O–H groups in total. The fraction of sp³-hybridized carbons (Fsp3) is 0.409. The highest BCUT2D eigenvalue weighted by Crippen LogP contribution is 2.39. The van der Waals surface area contributed by atoms with Crippen LogP contribution in [0.25, 0.3) is 22.5 Å². The molecule has 1 heterocycles. The second-order valence-electron chi connectivity index (χ2n) is 8.46. The minimum Gasteiger partial charge on any atom is -0.388 e. The number of hydrogen-bond acceptors (Lipinski definition) is 5. The highest BCUT2D eigenvalue weighted by atomic mass is 16.3. The van der Waals surface area contributed by atoms with Crippen LogP contribution in [0.3, 0.4) is 0 Å². The fourth-order valence-corrected chi connectivity index (χ4v) is 4.21. The summed E-state index contributed by atoms with van der Waals surface area (Å²) in [6.07, 6.45) is 2.04. The summed E-state index contributed by atoms with van der Waals surface area (Å²) in [5.41, 5.74) is 13.9. The Bertz CT molecular complexity index is 1010. The van der Waals surface area contributed by atoms with Crippen molar-refractivity contribution in [2.75, 3.05) is 0 Å². The molecule has 4 rings (SSSR count). The molecular formula is C22H27N5O. The van der Waals surface area contributed by atoms with E-state index in [0.717, 1.165) is 18.4 Å². The highest BCUT2D eigenvalue weighted by Gasteiger charge is 2.23. The molecule has 1 atom stereocenters. The minimum atomic E-state index is -0.887. The van der Waals surface area contributed by atoms with Gasteiger partial charge < -0.3 is 10.8 Å². The van der Waals surface area contributed by atoms with E-state index in [0.29, 0.717) is 12.4 Å². The van der Waals surface area contributed by atoms with E-state index in [2.05, 4.69) is 59.6 Å². The van der Waals surface area contributed by atoms with Crippen LogP contribution in [0.5, 0.6) is 0 Å². The van der Waals surface area contributed by atoms with Crippen molar-refractivity contribution in [3.05, 3.63) is 52.6 Å². The summed E-state index contributed by atoms with van der Waals surface area (Å²) in [6.45, 7) is 8.00. The van der Waals surface area contributed by atoms with Crippen molar-refractivity contribution >= 4 is 0 Å². The Labute approximate surface area is 165 Å². The summed E-state index contributed by atoms with van der Waals surface area (Å²) in [4.78, 5) is 1.44. The smallest absolute Gasteiger partial charge is 0.204 e. The number of fused-ring (bicyclic) bond motifs is 1. The number of tetrazole rings is 1.